The smallest absolute Gasteiger partial charge is 0.310 e. The number of carbonyl (C=O) groups excluding carboxylic acids is 1. The summed E-state index contributed by atoms with van der Waals surface area (Å²) < 4.78 is 29.1. The molecule has 26 heavy (non-hydrogen) atoms. The second-order valence-electron chi connectivity index (χ2n) is 5.64. The van der Waals surface area contributed by atoms with Crippen LogP contribution in [0, 0.1) is 0 Å². The number of para-hydroxylation sites is 2. The molecule has 2 aromatic rings. The third-order valence-electron chi connectivity index (χ3n) is 3.48. The molecule has 0 aliphatic rings. The number of benzene rings is 2. The van der Waals surface area contributed by atoms with E-state index < -0.39 is 10.1 Å². The van der Waals surface area contributed by atoms with Crippen molar-refractivity contribution in [1.29, 1.82) is 0 Å². The number of thioether (sulfide) groups is 1. The predicted octanol–water partition coefficient (Wildman–Crippen LogP) is 2.69. The molecule has 0 aliphatic carbocycles. The Balaban J connectivity index is 1.82. The van der Waals surface area contributed by atoms with Gasteiger partial charge in [0.25, 0.3) is 0 Å². The molecule has 1 amide bonds. The number of hydrogen-bond donors (Lipinski definition) is 1. The van der Waals surface area contributed by atoms with Gasteiger partial charge in [0, 0.05) is 11.4 Å². The Hall–Kier alpha value is -2.03. The maximum atomic E-state index is 12.2. The monoisotopic (exact) mass is 394 g/mol. The number of carbonyl (C=O) groups is 1. The van der Waals surface area contributed by atoms with Gasteiger partial charge < -0.3 is 9.50 Å². The lowest BCUT2D eigenvalue weighted by Gasteiger charge is -2.17. The van der Waals surface area contributed by atoms with Gasteiger partial charge in [0.1, 0.15) is 5.75 Å². The first kappa shape index (κ1) is 20.3. The van der Waals surface area contributed by atoms with E-state index >= 15 is 0 Å². The molecule has 0 aromatic heterocycles. The van der Waals surface area contributed by atoms with Crippen LogP contribution in [0.4, 0.5) is 5.69 Å². The van der Waals surface area contributed by atoms with Crippen LogP contribution >= 0.6 is 11.8 Å². The van der Waals surface area contributed by atoms with Crippen LogP contribution in [0.3, 0.4) is 0 Å². The number of hydrogen-bond acceptors (Lipinski definition) is 6. The van der Waals surface area contributed by atoms with E-state index in [1.54, 1.807) is 54.0 Å². The molecular weight excluding hydrogens is 372 g/mol. The fourth-order valence-corrected chi connectivity index (χ4v) is 3.77. The second kappa shape index (κ2) is 9.61. The minimum atomic E-state index is -3.71. The average Bonchev–Trinajstić information content (AvgIpc) is 2.61. The quantitative estimate of drug-likeness (QED) is 0.521. The van der Waals surface area contributed by atoms with Gasteiger partial charge in [-0.05, 0) is 37.6 Å². The van der Waals surface area contributed by atoms with E-state index in [1.807, 2.05) is 30.5 Å². The summed E-state index contributed by atoms with van der Waals surface area (Å²) in [6.45, 7) is 0.274. The van der Waals surface area contributed by atoms with Gasteiger partial charge in [0.2, 0.25) is 5.91 Å². The topological polar surface area (TPSA) is 75.7 Å². The molecule has 0 saturated carbocycles. The summed E-state index contributed by atoms with van der Waals surface area (Å²) in [6.07, 6.45) is 1.94. The molecule has 2 aromatic carbocycles. The molecule has 0 atom stereocenters. The Morgan fingerprint density at radius 2 is 1.77 bits per heavy atom. The minimum Gasteiger partial charge on any atom is -0.382 e. The van der Waals surface area contributed by atoms with E-state index in [0.717, 1.165) is 10.6 Å². The highest BCUT2D eigenvalue weighted by atomic mass is 32.2. The highest BCUT2D eigenvalue weighted by molar-refractivity contribution is 7.98. The summed E-state index contributed by atoms with van der Waals surface area (Å²) in [5, 5.41) is 2.85. The van der Waals surface area contributed by atoms with Crippen molar-refractivity contribution < 1.29 is 17.4 Å². The molecule has 140 valence electrons. The SMILES string of the molecule is CSc1ccccc1NC(=O)CN(C)CCS(=O)(=O)Oc1ccccc1. The Labute approximate surface area is 158 Å². The maximum absolute atomic E-state index is 12.2. The van der Waals surface area contributed by atoms with Crippen LogP contribution in [-0.2, 0) is 14.9 Å². The van der Waals surface area contributed by atoms with Crippen molar-refractivity contribution in [3.05, 3.63) is 54.6 Å². The molecule has 0 fully saturated rings. The standard InChI is InChI=1S/C18H22N2O4S2/c1-20(12-13-26(22,23)24-15-8-4-3-5-9-15)14-18(21)19-16-10-6-7-11-17(16)25-2/h3-11H,12-14H2,1-2H3,(H,19,21). The largest absolute Gasteiger partial charge is 0.382 e. The Kier molecular flexibility index (Phi) is 7.50. The minimum absolute atomic E-state index is 0.0869. The predicted molar refractivity (Wildman–Crippen MR) is 105 cm³/mol. The molecule has 0 aliphatic heterocycles. The maximum Gasteiger partial charge on any atom is 0.310 e. The number of likely N-dealkylation sites (N-methyl/N-ethyl adjacent to an activating group) is 1. The van der Waals surface area contributed by atoms with E-state index in [9.17, 15) is 13.2 Å². The zero-order chi connectivity index (χ0) is 19.0. The van der Waals surface area contributed by atoms with E-state index in [1.165, 1.54) is 0 Å². The van der Waals surface area contributed by atoms with Gasteiger partial charge in [-0.3, -0.25) is 9.69 Å². The van der Waals surface area contributed by atoms with Crippen LogP contribution in [0.5, 0.6) is 5.75 Å². The van der Waals surface area contributed by atoms with Crippen molar-refractivity contribution in [3.63, 3.8) is 0 Å². The van der Waals surface area contributed by atoms with E-state index in [-0.39, 0.29) is 30.5 Å². The fourth-order valence-electron chi connectivity index (χ4n) is 2.19. The van der Waals surface area contributed by atoms with Gasteiger partial charge in [-0.25, -0.2) is 0 Å². The zero-order valence-corrected chi connectivity index (χ0v) is 16.3. The molecule has 0 radical (unpaired) electrons. The van der Waals surface area contributed by atoms with Crippen LogP contribution in [0.2, 0.25) is 0 Å². The molecular formula is C18H22N2O4S2. The first-order chi connectivity index (χ1) is 12.4. The van der Waals surface area contributed by atoms with Gasteiger partial charge in [-0.15, -0.1) is 11.8 Å². The van der Waals surface area contributed by atoms with Crippen molar-refractivity contribution in [1.82, 2.24) is 4.90 Å². The third-order valence-corrected chi connectivity index (χ3v) is 5.41. The number of nitrogens with zero attached hydrogens (tertiary/aromatic N) is 1. The fraction of sp³-hybridized carbons (Fsp3) is 0.278. The molecule has 0 heterocycles. The lowest BCUT2D eigenvalue weighted by molar-refractivity contribution is -0.117. The number of amides is 1. The van der Waals surface area contributed by atoms with Crippen LogP contribution in [0.25, 0.3) is 0 Å². The lowest BCUT2D eigenvalue weighted by Crippen LogP contribution is -2.34. The van der Waals surface area contributed by atoms with E-state index in [2.05, 4.69) is 5.32 Å². The zero-order valence-electron chi connectivity index (χ0n) is 14.7. The molecule has 6 nitrogen and oxygen atoms in total. The summed E-state index contributed by atoms with van der Waals surface area (Å²) in [5.41, 5.74) is 0.749. The van der Waals surface area contributed by atoms with Crippen molar-refractivity contribution in [2.45, 2.75) is 4.90 Å². The van der Waals surface area contributed by atoms with Gasteiger partial charge in [-0.2, -0.15) is 8.42 Å². The van der Waals surface area contributed by atoms with Crippen LogP contribution in [0.1, 0.15) is 0 Å². The molecule has 0 saturated heterocycles. The summed E-state index contributed by atoms with van der Waals surface area (Å²) >= 11 is 1.55. The van der Waals surface area contributed by atoms with Crippen LogP contribution in [-0.4, -0.2) is 51.4 Å². The number of anilines is 1. The molecule has 2 rings (SSSR count). The second-order valence-corrected chi connectivity index (χ2v) is 8.18. The van der Waals surface area contributed by atoms with E-state index in [0.29, 0.717) is 0 Å². The van der Waals surface area contributed by atoms with Crippen molar-refractivity contribution in [2.24, 2.45) is 0 Å². The highest BCUT2D eigenvalue weighted by Crippen LogP contribution is 2.24. The van der Waals surface area contributed by atoms with Crippen LogP contribution < -0.4 is 9.50 Å². The first-order valence-electron chi connectivity index (χ1n) is 7.98. The van der Waals surface area contributed by atoms with Crippen LogP contribution in [0.15, 0.2) is 59.5 Å². The molecule has 0 spiro atoms. The summed E-state index contributed by atoms with van der Waals surface area (Å²) in [7, 11) is -2.02. The van der Waals surface area contributed by atoms with Gasteiger partial charge in [0.05, 0.1) is 18.0 Å². The molecule has 0 bridgehead atoms. The van der Waals surface area contributed by atoms with Gasteiger partial charge in [0.15, 0.2) is 0 Å². The van der Waals surface area contributed by atoms with Gasteiger partial charge in [-0.1, -0.05) is 30.3 Å². The first-order valence-corrected chi connectivity index (χ1v) is 10.8. The third kappa shape index (κ3) is 6.70. The average molecular weight is 395 g/mol. The van der Waals surface area contributed by atoms with Crippen molar-refractivity contribution in [3.8, 4) is 5.75 Å². The van der Waals surface area contributed by atoms with Gasteiger partial charge >= 0.3 is 10.1 Å². The number of nitrogens with one attached hydrogen (secondary N) is 1. The Morgan fingerprint density at radius 3 is 2.46 bits per heavy atom. The van der Waals surface area contributed by atoms with E-state index in [4.69, 9.17) is 4.18 Å². The molecule has 0 unspecified atom stereocenters. The molecule has 1 N–H and O–H groups in total. The normalized spacial score (nSPS) is 11.3. The van der Waals surface area contributed by atoms with Crippen molar-refractivity contribution in [2.75, 3.05) is 37.5 Å². The summed E-state index contributed by atoms with van der Waals surface area (Å²) in [5.74, 6) is -0.121. The summed E-state index contributed by atoms with van der Waals surface area (Å²) in [6, 6.07) is 15.9. The van der Waals surface area contributed by atoms with Crippen molar-refractivity contribution >= 4 is 33.5 Å². The molecule has 8 heteroatoms. The summed E-state index contributed by atoms with van der Waals surface area (Å²) in [4.78, 5) is 14.8. The Morgan fingerprint density at radius 1 is 1.12 bits per heavy atom. The Bertz CT molecular complexity index is 826. The number of rotatable bonds is 9. The highest BCUT2D eigenvalue weighted by Gasteiger charge is 2.16. The lowest BCUT2D eigenvalue weighted by atomic mass is 10.3.